The molecule has 1 aliphatic rings. The van der Waals surface area contributed by atoms with Crippen molar-refractivity contribution in [1.29, 1.82) is 0 Å². The summed E-state index contributed by atoms with van der Waals surface area (Å²) < 4.78 is 27.4. The zero-order chi connectivity index (χ0) is 13.7. The Morgan fingerprint density at radius 3 is 2.63 bits per heavy atom. The van der Waals surface area contributed by atoms with Crippen molar-refractivity contribution in [3.63, 3.8) is 0 Å². The Morgan fingerprint density at radius 2 is 2.05 bits per heavy atom. The van der Waals surface area contributed by atoms with E-state index in [-0.39, 0.29) is 5.75 Å². The number of nitrogens with one attached hydrogen (secondary N) is 1. The zero-order valence-electron chi connectivity index (χ0n) is 10.8. The third-order valence-electron chi connectivity index (χ3n) is 3.17. The molecule has 1 fully saturated rings. The molecule has 0 radical (unpaired) electrons. The molecule has 6 heteroatoms. The SMILES string of the molecule is NS(=O)(=O)Cc1ccc(NCC2CCCOC2)cc1. The van der Waals surface area contributed by atoms with Gasteiger partial charge in [0, 0.05) is 18.8 Å². The lowest BCUT2D eigenvalue weighted by atomic mass is 10.0. The number of primary sulfonamides is 1. The van der Waals surface area contributed by atoms with Gasteiger partial charge in [-0.2, -0.15) is 0 Å². The van der Waals surface area contributed by atoms with Gasteiger partial charge in [0.25, 0.3) is 0 Å². The highest BCUT2D eigenvalue weighted by Crippen LogP contribution is 2.16. The van der Waals surface area contributed by atoms with Crippen LogP contribution in [0.4, 0.5) is 5.69 Å². The Balaban J connectivity index is 1.84. The molecule has 0 aliphatic carbocycles. The molecule has 3 N–H and O–H groups in total. The van der Waals surface area contributed by atoms with Gasteiger partial charge < -0.3 is 10.1 Å². The molecule has 1 aliphatic heterocycles. The van der Waals surface area contributed by atoms with Crippen molar-refractivity contribution >= 4 is 15.7 Å². The van der Waals surface area contributed by atoms with Crippen LogP contribution in [0.1, 0.15) is 18.4 Å². The summed E-state index contributed by atoms with van der Waals surface area (Å²) in [5, 5.41) is 8.35. The molecule has 0 spiro atoms. The molecule has 0 saturated carbocycles. The minimum absolute atomic E-state index is 0.121. The van der Waals surface area contributed by atoms with Crippen molar-refractivity contribution in [2.24, 2.45) is 11.1 Å². The largest absolute Gasteiger partial charge is 0.385 e. The number of hydrogen-bond donors (Lipinski definition) is 2. The van der Waals surface area contributed by atoms with E-state index in [4.69, 9.17) is 9.88 Å². The van der Waals surface area contributed by atoms with Crippen LogP contribution in [0.3, 0.4) is 0 Å². The van der Waals surface area contributed by atoms with E-state index in [2.05, 4.69) is 5.32 Å². The van der Waals surface area contributed by atoms with Gasteiger partial charge in [0.1, 0.15) is 0 Å². The maximum absolute atomic E-state index is 11.0. The summed E-state index contributed by atoms with van der Waals surface area (Å²) >= 11 is 0. The van der Waals surface area contributed by atoms with Crippen LogP contribution in [0.25, 0.3) is 0 Å². The molecular weight excluding hydrogens is 264 g/mol. The van der Waals surface area contributed by atoms with E-state index >= 15 is 0 Å². The molecule has 1 aromatic rings. The maximum Gasteiger partial charge on any atom is 0.213 e. The first kappa shape index (κ1) is 14.3. The number of rotatable bonds is 5. The molecule has 106 valence electrons. The highest BCUT2D eigenvalue weighted by molar-refractivity contribution is 7.88. The monoisotopic (exact) mass is 284 g/mol. The molecule has 1 atom stereocenters. The first-order valence-corrected chi connectivity index (χ1v) is 8.15. The highest BCUT2D eigenvalue weighted by atomic mass is 32.2. The summed E-state index contributed by atoms with van der Waals surface area (Å²) in [5.41, 5.74) is 1.69. The molecule has 1 heterocycles. The van der Waals surface area contributed by atoms with Crippen LogP contribution in [0.15, 0.2) is 24.3 Å². The van der Waals surface area contributed by atoms with Crippen molar-refractivity contribution < 1.29 is 13.2 Å². The van der Waals surface area contributed by atoms with Crippen molar-refractivity contribution in [2.75, 3.05) is 25.1 Å². The van der Waals surface area contributed by atoms with E-state index in [1.807, 2.05) is 12.1 Å². The minimum atomic E-state index is -3.46. The lowest BCUT2D eigenvalue weighted by Crippen LogP contribution is -2.24. The molecule has 0 aromatic heterocycles. The summed E-state index contributed by atoms with van der Waals surface area (Å²) in [4.78, 5) is 0. The second kappa shape index (κ2) is 6.36. The second-order valence-electron chi connectivity index (χ2n) is 4.97. The number of benzene rings is 1. The standard InChI is InChI=1S/C13H20N2O3S/c14-19(16,17)10-11-3-5-13(6-4-11)15-8-12-2-1-7-18-9-12/h3-6,12,15H,1-2,7-10H2,(H2,14,16,17). The predicted molar refractivity (Wildman–Crippen MR) is 75.3 cm³/mol. The smallest absolute Gasteiger partial charge is 0.213 e. The maximum atomic E-state index is 11.0. The van der Waals surface area contributed by atoms with Crippen molar-refractivity contribution in [3.05, 3.63) is 29.8 Å². The van der Waals surface area contributed by atoms with Gasteiger partial charge in [0.15, 0.2) is 0 Å². The van der Waals surface area contributed by atoms with Crippen LogP contribution < -0.4 is 10.5 Å². The first-order valence-electron chi connectivity index (χ1n) is 6.44. The second-order valence-corrected chi connectivity index (χ2v) is 6.58. The quantitative estimate of drug-likeness (QED) is 0.854. The van der Waals surface area contributed by atoms with Crippen LogP contribution in [0.5, 0.6) is 0 Å². The predicted octanol–water partition coefficient (Wildman–Crippen LogP) is 1.31. The Labute approximate surface area is 114 Å². The number of anilines is 1. The van der Waals surface area contributed by atoms with Crippen LogP contribution in [0, 0.1) is 5.92 Å². The molecule has 1 unspecified atom stereocenters. The van der Waals surface area contributed by atoms with Gasteiger partial charge in [-0.05, 0) is 36.5 Å². The Kier molecular flexibility index (Phi) is 4.79. The summed E-state index contributed by atoms with van der Waals surface area (Å²) in [6, 6.07) is 7.32. The lowest BCUT2D eigenvalue weighted by Gasteiger charge is -2.22. The van der Waals surface area contributed by atoms with Gasteiger partial charge in [-0.25, -0.2) is 13.6 Å². The van der Waals surface area contributed by atoms with Crippen LogP contribution >= 0.6 is 0 Å². The molecule has 2 rings (SSSR count). The van der Waals surface area contributed by atoms with Gasteiger partial charge in [-0.3, -0.25) is 0 Å². The van der Waals surface area contributed by atoms with Crippen molar-refractivity contribution in [1.82, 2.24) is 0 Å². The van der Waals surface area contributed by atoms with Gasteiger partial charge in [-0.15, -0.1) is 0 Å². The normalized spacial score (nSPS) is 20.2. The molecule has 1 saturated heterocycles. The van der Waals surface area contributed by atoms with E-state index in [9.17, 15) is 8.42 Å². The lowest BCUT2D eigenvalue weighted by molar-refractivity contribution is 0.0595. The summed E-state index contributed by atoms with van der Waals surface area (Å²) in [5.74, 6) is 0.432. The molecular formula is C13H20N2O3S. The van der Waals surface area contributed by atoms with Gasteiger partial charge in [0.2, 0.25) is 10.0 Å². The molecule has 0 bridgehead atoms. The molecule has 0 amide bonds. The fraction of sp³-hybridized carbons (Fsp3) is 0.538. The fourth-order valence-corrected chi connectivity index (χ4v) is 2.84. The minimum Gasteiger partial charge on any atom is -0.385 e. The number of hydrogen-bond acceptors (Lipinski definition) is 4. The van der Waals surface area contributed by atoms with Gasteiger partial charge in [-0.1, -0.05) is 12.1 Å². The van der Waals surface area contributed by atoms with E-state index in [0.29, 0.717) is 11.5 Å². The van der Waals surface area contributed by atoms with Gasteiger partial charge >= 0.3 is 0 Å². The number of ether oxygens (including phenoxy) is 1. The fourth-order valence-electron chi connectivity index (χ4n) is 2.18. The van der Waals surface area contributed by atoms with Crippen LogP contribution in [-0.4, -0.2) is 28.2 Å². The van der Waals surface area contributed by atoms with E-state index in [1.165, 1.54) is 6.42 Å². The third-order valence-corrected chi connectivity index (χ3v) is 3.91. The van der Waals surface area contributed by atoms with Crippen LogP contribution in [-0.2, 0) is 20.5 Å². The number of sulfonamides is 1. The van der Waals surface area contributed by atoms with E-state index in [1.54, 1.807) is 12.1 Å². The molecule has 1 aromatic carbocycles. The van der Waals surface area contributed by atoms with Crippen molar-refractivity contribution in [3.8, 4) is 0 Å². The Morgan fingerprint density at radius 1 is 1.32 bits per heavy atom. The summed E-state index contributed by atoms with van der Waals surface area (Å²) in [7, 11) is -3.46. The number of nitrogens with two attached hydrogens (primary N) is 1. The van der Waals surface area contributed by atoms with E-state index < -0.39 is 10.0 Å². The average Bonchev–Trinajstić information content (AvgIpc) is 2.37. The topological polar surface area (TPSA) is 81.4 Å². The Bertz CT molecular complexity index is 493. The molecule has 5 nitrogen and oxygen atoms in total. The van der Waals surface area contributed by atoms with Gasteiger partial charge in [0.05, 0.1) is 12.4 Å². The summed E-state index contributed by atoms with van der Waals surface area (Å²) in [6.45, 7) is 2.57. The third kappa shape index (κ3) is 5.18. The summed E-state index contributed by atoms with van der Waals surface area (Å²) in [6.07, 6.45) is 2.32. The van der Waals surface area contributed by atoms with E-state index in [0.717, 1.165) is 31.9 Å². The zero-order valence-corrected chi connectivity index (χ0v) is 11.7. The molecule has 19 heavy (non-hydrogen) atoms. The van der Waals surface area contributed by atoms with Crippen LogP contribution in [0.2, 0.25) is 0 Å². The average molecular weight is 284 g/mol. The highest BCUT2D eigenvalue weighted by Gasteiger charge is 2.13. The van der Waals surface area contributed by atoms with Crippen molar-refractivity contribution in [2.45, 2.75) is 18.6 Å². The first-order chi connectivity index (χ1) is 9.03. The Hall–Kier alpha value is -1.11.